The summed E-state index contributed by atoms with van der Waals surface area (Å²) in [5, 5.41) is 0. The van der Waals surface area contributed by atoms with E-state index >= 15 is 0 Å². The van der Waals surface area contributed by atoms with Gasteiger partial charge in [-0.1, -0.05) is 40.2 Å². The molecular weight excluding hydrogens is 347 g/mol. The average molecular weight is 360 g/mol. The van der Waals surface area contributed by atoms with Crippen LogP contribution in [0.25, 0.3) is 0 Å². The summed E-state index contributed by atoms with van der Waals surface area (Å²) in [6.45, 7) is 1.85. The lowest BCUT2D eigenvalue weighted by Gasteiger charge is -2.19. The van der Waals surface area contributed by atoms with Gasteiger partial charge in [-0.3, -0.25) is 0 Å². The summed E-state index contributed by atoms with van der Waals surface area (Å²) in [6, 6.07) is 10.7. The second kappa shape index (κ2) is 6.07. The van der Waals surface area contributed by atoms with Crippen LogP contribution in [0.2, 0.25) is 0 Å². The van der Waals surface area contributed by atoms with Gasteiger partial charge in [0.25, 0.3) is 0 Å². The molecule has 0 saturated heterocycles. The number of hydrogen-bond donors (Lipinski definition) is 1. The Bertz CT molecular complexity index is 643. The van der Waals surface area contributed by atoms with Gasteiger partial charge in [0.1, 0.15) is 5.75 Å². The number of aryl methyl sites for hydroxylation is 1. The molecule has 2 aromatic rings. The van der Waals surface area contributed by atoms with Crippen LogP contribution >= 0.6 is 15.9 Å². The zero-order valence-corrected chi connectivity index (χ0v) is 12.7. The number of nitrogens with two attached hydrogens (primary N) is 1. The zero-order valence-electron chi connectivity index (χ0n) is 11.1. The van der Waals surface area contributed by atoms with E-state index in [1.54, 1.807) is 18.2 Å². The molecule has 21 heavy (non-hydrogen) atoms. The molecule has 0 aliphatic heterocycles. The third-order valence-electron chi connectivity index (χ3n) is 3.05. The summed E-state index contributed by atoms with van der Waals surface area (Å²) in [5.41, 5.74) is 8.05. The number of hydrogen-bond acceptors (Lipinski definition) is 2. The van der Waals surface area contributed by atoms with Crippen LogP contribution in [0, 0.1) is 6.92 Å². The molecule has 6 heteroatoms. The van der Waals surface area contributed by atoms with Crippen LogP contribution in [0.3, 0.4) is 0 Å². The Morgan fingerprint density at radius 2 is 1.76 bits per heavy atom. The van der Waals surface area contributed by atoms with Crippen LogP contribution in [-0.4, -0.2) is 6.36 Å². The Morgan fingerprint density at radius 3 is 2.38 bits per heavy atom. The summed E-state index contributed by atoms with van der Waals surface area (Å²) in [4.78, 5) is 0. The fourth-order valence-electron chi connectivity index (χ4n) is 2.11. The van der Waals surface area contributed by atoms with Crippen LogP contribution in [0.15, 0.2) is 46.9 Å². The van der Waals surface area contributed by atoms with Gasteiger partial charge in [0.05, 0.1) is 6.04 Å². The Hall–Kier alpha value is -1.53. The third kappa shape index (κ3) is 3.98. The van der Waals surface area contributed by atoms with Crippen molar-refractivity contribution in [2.24, 2.45) is 5.73 Å². The topological polar surface area (TPSA) is 35.2 Å². The molecule has 0 radical (unpaired) electrons. The van der Waals surface area contributed by atoms with E-state index in [2.05, 4.69) is 20.7 Å². The predicted octanol–water partition coefficient (Wildman–Crippen LogP) is 4.70. The molecule has 112 valence electrons. The molecule has 0 bridgehead atoms. The van der Waals surface area contributed by atoms with Crippen molar-refractivity contribution >= 4 is 15.9 Å². The molecule has 2 aromatic carbocycles. The molecule has 0 spiro atoms. The first-order valence-electron chi connectivity index (χ1n) is 6.14. The zero-order chi connectivity index (χ0) is 15.6. The quantitative estimate of drug-likeness (QED) is 0.861. The standard InChI is InChI=1S/C15H13BrF3NO/c1-9-8-10(16)6-7-11(9)14(20)12-4-2-3-5-13(12)21-15(17,18)19/h2-8,14H,20H2,1H3. The van der Waals surface area contributed by atoms with Gasteiger partial charge in [-0.2, -0.15) is 0 Å². The number of alkyl halides is 3. The Kier molecular flexibility index (Phi) is 4.58. The minimum absolute atomic E-state index is 0.278. The van der Waals surface area contributed by atoms with Gasteiger partial charge in [0, 0.05) is 10.0 Å². The number of para-hydroxylation sites is 1. The smallest absolute Gasteiger partial charge is 0.405 e. The van der Waals surface area contributed by atoms with Gasteiger partial charge in [0.15, 0.2) is 0 Å². The van der Waals surface area contributed by atoms with Gasteiger partial charge < -0.3 is 10.5 Å². The van der Waals surface area contributed by atoms with Crippen molar-refractivity contribution in [1.82, 2.24) is 0 Å². The monoisotopic (exact) mass is 359 g/mol. The maximum absolute atomic E-state index is 12.5. The molecule has 0 aliphatic carbocycles. The third-order valence-corrected chi connectivity index (χ3v) is 3.54. The number of benzene rings is 2. The van der Waals surface area contributed by atoms with Crippen LogP contribution in [-0.2, 0) is 0 Å². The van der Waals surface area contributed by atoms with Crippen molar-refractivity contribution in [3.63, 3.8) is 0 Å². The summed E-state index contributed by atoms with van der Waals surface area (Å²) < 4.78 is 42.3. The molecule has 0 fully saturated rings. The Labute approximate surface area is 128 Å². The minimum atomic E-state index is -4.75. The first-order valence-corrected chi connectivity index (χ1v) is 6.93. The van der Waals surface area contributed by atoms with Crippen LogP contribution in [0.4, 0.5) is 13.2 Å². The lowest BCUT2D eigenvalue weighted by Crippen LogP contribution is -2.21. The van der Waals surface area contributed by atoms with Crippen molar-refractivity contribution in [2.75, 3.05) is 0 Å². The lowest BCUT2D eigenvalue weighted by atomic mass is 9.95. The van der Waals surface area contributed by atoms with Gasteiger partial charge in [0.2, 0.25) is 0 Å². The number of halogens is 4. The van der Waals surface area contributed by atoms with Crippen LogP contribution in [0.5, 0.6) is 5.75 Å². The molecular formula is C15H13BrF3NO. The Morgan fingerprint density at radius 1 is 1.10 bits per heavy atom. The molecule has 0 aliphatic rings. The molecule has 0 amide bonds. The molecule has 2 nitrogen and oxygen atoms in total. The fraction of sp³-hybridized carbons (Fsp3) is 0.200. The van der Waals surface area contributed by atoms with Crippen molar-refractivity contribution < 1.29 is 17.9 Å². The predicted molar refractivity (Wildman–Crippen MR) is 78.0 cm³/mol. The Balaban J connectivity index is 2.41. The minimum Gasteiger partial charge on any atom is -0.405 e. The van der Waals surface area contributed by atoms with Crippen LogP contribution < -0.4 is 10.5 Å². The van der Waals surface area contributed by atoms with Gasteiger partial charge in [-0.15, -0.1) is 13.2 Å². The number of ether oxygens (including phenoxy) is 1. The summed E-state index contributed by atoms with van der Waals surface area (Å²) in [6.07, 6.45) is -4.75. The molecule has 0 aromatic heterocycles. The highest BCUT2D eigenvalue weighted by Crippen LogP contribution is 2.33. The van der Waals surface area contributed by atoms with Gasteiger partial charge in [-0.25, -0.2) is 0 Å². The first-order chi connectivity index (χ1) is 9.78. The molecule has 0 saturated carbocycles. The second-order valence-electron chi connectivity index (χ2n) is 4.56. The largest absolute Gasteiger partial charge is 0.573 e. The van der Waals surface area contributed by atoms with Crippen molar-refractivity contribution in [3.05, 3.63) is 63.6 Å². The van der Waals surface area contributed by atoms with Crippen molar-refractivity contribution in [3.8, 4) is 5.75 Å². The highest BCUT2D eigenvalue weighted by Gasteiger charge is 2.32. The normalized spacial score (nSPS) is 13.0. The van der Waals surface area contributed by atoms with E-state index < -0.39 is 12.4 Å². The summed E-state index contributed by atoms with van der Waals surface area (Å²) in [5.74, 6) is -0.278. The van der Waals surface area contributed by atoms with Gasteiger partial charge in [-0.05, 0) is 36.2 Å². The van der Waals surface area contributed by atoms with E-state index in [9.17, 15) is 13.2 Å². The molecule has 1 unspecified atom stereocenters. The van der Waals surface area contributed by atoms with E-state index in [1.807, 2.05) is 13.0 Å². The summed E-state index contributed by atoms with van der Waals surface area (Å²) >= 11 is 3.34. The lowest BCUT2D eigenvalue weighted by molar-refractivity contribution is -0.274. The average Bonchev–Trinajstić information content (AvgIpc) is 2.36. The maximum Gasteiger partial charge on any atom is 0.573 e. The highest BCUT2D eigenvalue weighted by atomic mass is 79.9. The molecule has 2 rings (SSSR count). The van der Waals surface area contributed by atoms with E-state index in [4.69, 9.17) is 5.73 Å². The van der Waals surface area contributed by atoms with Crippen molar-refractivity contribution in [1.29, 1.82) is 0 Å². The van der Waals surface area contributed by atoms with E-state index in [0.717, 1.165) is 15.6 Å². The second-order valence-corrected chi connectivity index (χ2v) is 5.48. The van der Waals surface area contributed by atoms with E-state index in [0.29, 0.717) is 5.56 Å². The fourth-order valence-corrected chi connectivity index (χ4v) is 2.59. The SMILES string of the molecule is Cc1cc(Br)ccc1C(N)c1ccccc1OC(F)(F)F. The maximum atomic E-state index is 12.5. The van der Waals surface area contributed by atoms with E-state index in [-0.39, 0.29) is 5.75 Å². The van der Waals surface area contributed by atoms with Crippen LogP contribution in [0.1, 0.15) is 22.7 Å². The van der Waals surface area contributed by atoms with E-state index in [1.165, 1.54) is 18.2 Å². The highest BCUT2D eigenvalue weighted by molar-refractivity contribution is 9.10. The molecule has 2 N–H and O–H groups in total. The molecule has 1 atom stereocenters. The van der Waals surface area contributed by atoms with Crippen molar-refractivity contribution in [2.45, 2.75) is 19.3 Å². The molecule has 0 heterocycles. The van der Waals surface area contributed by atoms with Gasteiger partial charge >= 0.3 is 6.36 Å². The number of rotatable bonds is 3. The first kappa shape index (κ1) is 15.9. The summed E-state index contributed by atoms with van der Waals surface area (Å²) in [7, 11) is 0.